The van der Waals surface area contributed by atoms with Crippen LogP contribution in [0, 0.1) is 12.8 Å². The Balaban J connectivity index is 0.00000121. The minimum atomic E-state index is 0. The first-order valence-corrected chi connectivity index (χ1v) is 8.99. The summed E-state index contributed by atoms with van der Waals surface area (Å²) < 4.78 is 2.27. The summed E-state index contributed by atoms with van der Waals surface area (Å²) in [4.78, 5) is 15.7. The number of aromatic nitrogens is 4. The van der Waals surface area contributed by atoms with Crippen molar-refractivity contribution in [2.75, 3.05) is 18.0 Å². The highest BCUT2D eigenvalue weighted by molar-refractivity contribution is 5.85. The number of hydrogen-bond donors (Lipinski definition) is 1. The Morgan fingerprint density at radius 3 is 2.46 bits per heavy atom. The molecule has 2 N–H and O–H groups in total. The van der Waals surface area contributed by atoms with Crippen LogP contribution in [0.5, 0.6) is 0 Å². The van der Waals surface area contributed by atoms with Gasteiger partial charge in [0.2, 0.25) is 0 Å². The van der Waals surface area contributed by atoms with Crippen LogP contribution in [0.2, 0.25) is 0 Å². The Hall–Kier alpha value is -1.37. The van der Waals surface area contributed by atoms with Crippen molar-refractivity contribution in [1.82, 2.24) is 19.5 Å². The van der Waals surface area contributed by atoms with Crippen molar-refractivity contribution in [1.29, 1.82) is 0 Å². The predicted molar refractivity (Wildman–Crippen MR) is 108 cm³/mol. The average Bonchev–Trinajstić information content (AvgIpc) is 2.98. The maximum atomic E-state index is 5.91. The second-order valence-electron chi connectivity index (χ2n) is 7.29. The van der Waals surface area contributed by atoms with Crippen LogP contribution in [0.15, 0.2) is 24.8 Å². The molecule has 0 radical (unpaired) electrons. The zero-order valence-electron chi connectivity index (χ0n) is 15.1. The van der Waals surface area contributed by atoms with Gasteiger partial charge in [-0.1, -0.05) is 0 Å². The van der Waals surface area contributed by atoms with Gasteiger partial charge < -0.3 is 15.2 Å². The summed E-state index contributed by atoms with van der Waals surface area (Å²) in [5.41, 5.74) is 7.07. The van der Waals surface area contributed by atoms with E-state index in [0.717, 1.165) is 55.7 Å². The van der Waals surface area contributed by atoms with Crippen molar-refractivity contribution >= 4 is 30.6 Å². The zero-order valence-corrected chi connectivity index (χ0v) is 16.8. The number of imidazole rings is 1. The summed E-state index contributed by atoms with van der Waals surface area (Å²) in [6, 6.07) is 2.53. The van der Waals surface area contributed by atoms with Gasteiger partial charge in [0.05, 0.1) is 0 Å². The molecule has 2 aromatic heterocycles. The van der Waals surface area contributed by atoms with Gasteiger partial charge in [-0.25, -0.2) is 15.0 Å². The lowest BCUT2D eigenvalue weighted by Gasteiger charge is -2.35. The monoisotopic (exact) mass is 398 g/mol. The van der Waals surface area contributed by atoms with Gasteiger partial charge in [-0.3, -0.25) is 0 Å². The molecule has 0 unspecified atom stereocenters. The highest BCUT2D eigenvalue weighted by Crippen LogP contribution is 2.35. The first-order valence-electron chi connectivity index (χ1n) is 8.99. The van der Waals surface area contributed by atoms with Gasteiger partial charge in [0.15, 0.2) is 0 Å². The number of piperidine rings is 1. The van der Waals surface area contributed by atoms with Gasteiger partial charge in [0, 0.05) is 55.7 Å². The molecule has 0 atom stereocenters. The van der Waals surface area contributed by atoms with Crippen LogP contribution in [-0.4, -0.2) is 38.7 Å². The number of nitrogens with two attached hydrogens (primary N) is 1. The van der Waals surface area contributed by atoms with Gasteiger partial charge in [0.1, 0.15) is 18.0 Å². The lowest BCUT2D eigenvalue weighted by atomic mass is 9.78. The Bertz CT molecular complexity index is 692. The Morgan fingerprint density at radius 1 is 1.12 bits per heavy atom. The molecule has 1 aliphatic heterocycles. The molecule has 3 heterocycles. The zero-order chi connectivity index (χ0) is 16.5. The second kappa shape index (κ2) is 9.02. The number of hydrogen-bond acceptors (Lipinski definition) is 5. The van der Waals surface area contributed by atoms with Crippen LogP contribution >= 0.6 is 24.8 Å². The minimum absolute atomic E-state index is 0. The third-order valence-corrected chi connectivity index (χ3v) is 5.58. The highest BCUT2D eigenvalue weighted by Gasteiger charge is 2.29. The fourth-order valence-corrected chi connectivity index (χ4v) is 3.88. The SMILES string of the molecule is Cc1nccn1CC1CCN(c2cc(C3CC(N)C3)ncn2)CC1.Cl.Cl. The molecule has 26 heavy (non-hydrogen) atoms. The van der Waals surface area contributed by atoms with Crippen molar-refractivity contribution in [3.8, 4) is 0 Å². The number of aryl methyl sites for hydroxylation is 1. The quantitative estimate of drug-likeness (QED) is 0.856. The maximum Gasteiger partial charge on any atom is 0.132 e. The van der Waals surface area contributed by atoms with Crippen molar-refractivity contribution in [3.05, 3.63) is 36.3 Å². The lowest BCUT2D eigenvalue weighted by Crippen LogP contribution is -2.37. The van der Waals surface area contributed by atoms with Crippen LogP contribution in [0.4, 0.5) is 5.82 Å². The van der Waals surface area contributed by atoms with Crippen LogP contribution in [0.1, 0.15) is 43.1 Å². The van der Waals surface area contributed by atoms with Gasteiger partial charge in [0.25, 0.3) is 0 Å². The molecule has 0 aromatic carbocycles. The van der Waals surface area contributed by atoms with Crippen LogP contribution < -0.4 is 10.6 Å². The Labute approximate surface area is 167 Å². The van der Waals surface area contributed by atoms with E-state index in [-0.39, 0.29) is 24.8 Å². The third kappa shape index (κ3) is 4.48. The summed E-state index contributed by atoms with van der Waals surface area (Å²) in [5, 5.41) is 0. The molecule has 1 aliphatic carbocycles. The third-order valence-electron chi connectivity index (χ3n) is 5.58. The number of anilines is 1. The smallest absolute Gasteiger partial charge is 0.132 e. The van der Waals surface area contributed by atoms with Gasteiger partial charge >= 0.3 is 0 Å². The maximum absolute atomic E-state index is 5.91. The molecule has 1 saturated carbocycles. The molecule has 8 heteroatoms. The minimum Gasteiger partial charge on any atom is -0.356 e. The van der Waals surface area contributed by atoms with E-state index in [1.807, 2.05) is 6.20 Å². The van der Waals surface area contributed by atoms with Crippen LogP contribution in [0.3, 0.4) is 0 Å². The molecule has 0 spiro atoms. The highest BCUT2D eigenvalue weighted by atomic mass is 35.5. The molecule has 0 bridgehead atoms. The van der Waals surface area contributed by atoms with E-state index in [4.69, 9.17) is 5.73 Å². The largest absolute Gasteiger partial charge is 0.356 e. The second-order valence-corrected chi connectivity index (χ2v) is 7.29. The van der Waals surface area contributed by atoms with E-state index in [1.165, 1.54) is 12.8 Å². The molecular weight excluding hydrogens is 371 g/mol. The fourth-order valence-electron chi connectivity index (χ4n) is 3.88. The normalized spacial score (nSPS) is 22.9. The molecule has 144 valence electrons. The number of halogens is 2. The van der Waals surface area contributed by atoms with E-state index >= 15 is 0 Å². The standard InChI is InChI=1S/C18H26N6.2ClH/c1-13-20-4-7-24(13)11-14-2-5-23(6-3-14)18-10-17(21-12-22-18)15-8-16(19)9-15;;/h4,7,10,12,14-16H,2-3,5-6,8-9,11,19H2,1H3;2*1H. The number of rotatable bonds is 4. The number of nitrogens with zero attached hydrogens (tertiary/aromatic N) is 5. The molecule has 2 aliphatic rings. The Kier molecular flexibility index (Phi) is 7.26. The van der Waals surface area contributed by atoms with Crippen molar-refractivity contribution in [2.24, 2.45) is 11.7 Å². The molecule has 0 amide bonds. The summed E-state index contributed by atoms with van der Waals surface area (Å²) >= 11 is 0. The molecular formula is C18H28Cl2N6. The van der Waals surface area contributed by atoms with E-state index < -0.39 is 0 Å². The molecule has 2 fully saturated rings. The van der Waals surface area contributed by atoms with Crippen LogP contribution in [-0.2, 0) is 6.54 Å². The average molecular weight is 399 g/mol. The first kappa shape index (κ1) is 20.9. The van der Waals surface area contributed by atoms with E-state index in [0.29, 0.717) is 12.0 Å². The van der Waals surface area contributed by atoms with Gasteiger partial charge in [-0.05, 0) is 38.5 Å². The van der Waals surface area contributed by atoms with Gasteiger partial charge in [-0.15, -0.1) is 24.8 Å². The Morgan fingerprint density at radius 2 is 1.85 bits per heavy atom. The molecule has 6 nitrogen and oxygen atoms in total. The summed E-state index contributed by atoms with van der Waals surface area (Å²) in [7, 11) is 0. The van der Waals surface area contributed by atoms with E-state index in [9.17, 15) is 0 Å². The summed E-state index contributed by atoms with van der Waals surface area (Å²) in [6.45, 7) is 5.29. The molecule has 4 rings (SSSR count). The van der Waals surface area contributed by atoms with Gasteiger partial charge in [-0.2, -0.15) is 0 Å². The fraction of sp³-hybridized carbons (Fsp3) is 0.611. The summed E-state index contributed by atoms with van der Waals surface area (Å²) in [6.07, 6.45) is 10.2. The van der Waals surface area contributed by atoms with Crippen molar-refractivity contribution in [3.63, 3.8) is 0 Å². The predicted octanol–water partition coefficient (Wildman–Crippen LogP) is 2.95. The van der Waals surface area contributed by atoms with E-state index in [1.54, 1.807) is 6.33 Å². The van der Waals surface area contributed by atoms with Crippen molar-refractivity contribution in [2.45, 2.75) is 51.1 Å². The first-order chi connectivity index (χ1) is 11.7. The van der Waals surface area contributed by atoms with Crippen LogP contribution in [0.25, 0.3) is 0 Å². The lowest BCUT2D eigenvalue weighted by molar-refractivity contribution is 0.343. The molecule has 2 aromatic rings. The topological polar surface area (TPSA) is 72.9 Å². The van der Waals surface area contributed by atoms with E-state index in [2.05, 4.69) is 43.6 Å². The van der Waals surface area contributed by atoms with Crippen molar-refractivity contribution < 1.29 is 0 Å². The summed E-state index contributed by atoms with van der Waals surface area (Å²) in [5.74, 6) is 3.44. The molecule has 1 saturated heterocycles.